The summed E-state index contributed by atoms with van der Waals surface area (Å²) in [7, 11) is -3.46. The second-order valence-electron chi connectivity index (χ2n) is 6.18. The first kappa shape index (κ1) is 21.5. The molecule has 11 heteroatoms. The lowest BCUT2D eigenvalue weighted by atomic mass is 10.1. The number of nitrogens with zero attached hydrogens (tertiary/aromatic N) is 1. The molecule has 0 aromatic heterocycles. The fraction of sp³-hybridized carbons (Fsp3) is 0.562. The van der Waals surface area contributed by atoms with E-state index in [1.54, 1.807) is 0 Å². The molecule has 0 atom stereocenters. The van der Waals surface area contributed by atoms with Gasteiger partial charge in [-0.25, -0.2) is 13.2 Å². The molecule has 0 radical (unpaired) electrons. The zero-order valence-electron chi connectivity index (χ0n) is 14.8. The average Bonchev–Trinajstić information content (AvgIpc) is 2.58. The quantitative estimate of drug-likeness (QED) is 0.755. The molecule has 1 aliphatic heterocycles. The molecule has 0 saturated carbocycles. The second kappa shape index (κ2) is 8.89. The molecular formula is C16H22F3N3O4S. The van der Waals surface area contributed by atoms with E-state index in [1.807, 2.05) is 0 Å². The molecule has 27 heavy (non-hydrogen) atoms. The summed E-state index contributed by atoms with van der Waals surface area (Å²) in [5.41, 5.74) is -0.880. The van der Waals surface area contributed by atoms with Crippen molar-refractivity contribution in [3.8, 4) is 0 Å². The zero-order chi connectivity index (χ0) is 20.1. The predicted octanol–water partition coefficient (Wildman–Crippen LogP) is 2.27. The molecule has 1 aliphatic rings. The molecule has 0 bridgehead atoms. The first-order chi connectivity index (χ1) is 12.6. The molecule has 7 nitrogen and oxygen atoms in total. The van der Waals surface area contributed by atoms with Crippen molar-refractivity contribution >= 4 is 21.7 Å². The Bertz CT molecular complexity index is 750. The van der Waals surface area contributed by atoms with Gasteiger partial charge in [-0.3, -0.25) is 0 Å². The van der Waals surface area contributed by atoms with E-state index in [1.165, 1.54) is 16.4 Å². The van der Waals surface area contributed by atoms with Crippen molar-refractivity contribution in [3.05, 3.63) is 29.8 Å². The van der Waals surface area contributed by atoms with Crippen molar-refractivity contribution in [1.29, 1.82) is 0 Å². The largest absolute Gasteiger partial charge is 0.416 e. The Balaban J connectivity index is 1.89. The minimum Gasteiger partial charge on any atom is -0.381 e. The number of alkyl halides is 3. The third-order valence-electron chi connectivity index (χ3n) is 4.09. The summed E-state index contributed by atoms with van der Waals surface area (Å²) in [5, 5.41) is 4.77. The highest BCUT2D eigenvalue weighted by Gasteiger charge is 2.30. The number of benzene rings is 1. The van der Waals surface area contributed by atoms with Crippen LogP contribution in [0.3, 0.4) is 0 Å². The fourth-order valence-electron chi connectivity index (χ4n) is 2.82. The van der Waals surface area contributed by atoms with Crippen molar-refractivity contribution in [2.24, 2.45) is 0 Å². The van der Waals surface area contributed by atoms with Gasteiger partial charge in [0, 0.05) is 38.0 Å². The molecule has 0 aliphatic carbocycles. The molecular weight excluding hydrogens is 387 g/mol. The van der Waals surface area contributed by atoms with Crippen LogP contribution in [0.15, 0.2) is 24.3 Å². The molecule has 1 fully saturated rings. The van der Waals surface area contributed by atoms with E-state index < -0.39 is 27.8 Å². The summed E-state index contributed by atoms with van der Waals surface area (Å²) in [4.78, 5) is 11.9. The van der Waals surface area contributed by atoms with Crippen LogP contribution in [0.4, 0.5) is 23.7 Å². The van der Waals surface area contributed by atoms with Gasteiger partial charge in [-0.1, -0.05) is 6.07 Å². The normalized spacial score (nSPS) is 16.3. The Morgan fingerprint density at radius 2 is 1.96 bits per heavy atom. The molecule has 0 spiro atoms. The van der Waals surface area contributed by atoms with Crippen molar-refractivity contribution < 1.29 is 31.1 Å². The van der Waals surface area contributed by atoms with Gasteiger partial charge in [0.25, 0.3) is 0 Å². The lowest BCUT2D eigenvalue weighted by molar-refractivity contribution is -0.137. The van der Waals surface area contributed by atoms with Gasteiger partial charge >= 0.3 is 12.2 Å². The van der Waals surface area contributed by atoms with Crippen LogP contribution in [-0.2, 0) is 20.9 Å². The molecule has 152 valence electrons. The number of anilines is 1. The van der Waals surface area contributed by atoms with Crippen molar-refractivity contribution in [3.63, 3.8) is 0 Å². The van der Waals surface area contributed by atoms with E-state index in [-0.39, 0.29) is 24.8 Å². The maximum absolute atomic E-state index is 12.7. The van der Waals surface area contributed by atoms with Crippen LogP contribution in [-0.4, -0.2) is 57.4 Å². The minimum atomic E-state index is -4.51. The van der Waals surface area contributed by atoms with Gasteiger partial charge < -0.3 is 15.4 Å². The number of urea groups is 1. The molecule has 1 aromatic carbocycles. The van der Waals surface area contributed by atoms with Crippen LogP contribution in [0, 0.1) is 0 Å². The predicted molar refractivity (Wildman–Crippen MR) is 93.9 cm³/mol. The highest BCUT2D eigenvalue weighted by molar-refractivity contribution is 7.88. The lowest BCUT2D eigenvalue weighted by Crippen LogP contribution is -2.46. The highest BCUT2D eigenvalue weighted by Crippen LogP contribution is 2.30. The van der Waals surface area contributed by atoms with Crippen LogP contribution in [0.2, 0.25) is 0 Å². The van der Waals surface area contributed by atoms with Gasteiger partial charge in [-0.05, 0) is 31.0 Å². The van der Waals surface area contributed by atoms with Gasteiger partial charge in [-0.15, -0.1) is 0 Å². The first-order valence-electron chi connectivity index (χ1n) is 8.34. The van der Waals surface area contributed by atoms with E-state index in [9.17, 15) is 26.4 Å². The number of nitrogens with one attached hydrogen (secondary N) is 2. The number of amides is 2. The third-order valence-corrected chi connectivity index (χ3v) is 5.42. The minimum absolute atomic E-state index is 0.00766. The molecule has 2 rings (SSSR count). The van der Waals surface area contributed by atoms with E-state index in [2.05, 4.69) is 10.6 Å². The molecule has 1 aromatic rings. The highest BCUT2D eigenvalue weighted by atomic mass is 32.2. The van der Waals surface area contributed by atoms with Crippen LogP contribution in [0.5, 0.6) is 0 Å². The van der Waals surface area contributed by atoms with Gasteiger partial charge in [0.05, 0.1) is 11.8 Å². The smallest absolute Gasteiger partial charge is 0.381 e. The molecule has 2 amide bonds. The van der Waals surface area contributed by atoms with E-state index >= 15 is 0 Å². The van der Waals surface area contributed by atoms with E-state index in [0.29, 0.717) is 26.1 Å². The van der Waals surface area contributed by atoms with Crippen LogP contribution >= 0.6 is 0 Å². The monoisotopic (exact) mass is 409 g/mol. The fourth-order valence-corrected chi connectivity index (χ4v) is 4.00. The Morgan fingerprint density at radius 3 is 2.56 bits per heavy atom. The number of sulfonamides is 1. The number of ether oxygens (including phenoxy) is 1. The average molecular weight is 409 g/mol. The third kappa shape index (κ3) is 6.67. The number of hydrogen-bond donors (Lipinski definition) is 2. The first-order valence-corrected chi connectivity index (χ1v) is 10.2. The van der Waals surface area contributed by atoms with Gasteiger partial charge in [0.15, 0.2) is 0 Å². The summed E-state index contributed by atoms with van der Waals surface area (Å²) >= 11 is 0. The Hall–Kier alpha value is -1.85. The van der Waals surface area contributed by atoms with Gasteiger partial charge in [-0.2, -0.15) is 17.5 Å². The zero-order valence-corrected chi connectivity index (χ0v) is 15.6. The van der Waals surface area contributed by atoms with E-state index in [0.717, 1.165) is 18.4 Å². The summed E-state index contributed by atoms with van der Waals surface area (Å²) < 4.78 is 68.6. The summed E-state index contributed by atoms with van der Waals surface area (Å²) in [6, 6.07) is 3.34. The van der Waals surface area contributed by atoms with E-state index in [4.69, 9.17) is 4.74 Å². The van der Waals surface area contributed by atoms with Crippen LogP contribution in [0.25, 0.3) is 0 Å². The number of carbonyl (C=O) groups excluding carboxylic acids is 1. The number of rotatable bonds is 6. The van der Waals surface area contributed by atoms with Gasteiger partial charge in [0.2, 0.25) is 10.0 Å². The topological polar surface area (TPSA) is 87.7 Å². The summed E-state index contributed by atoms with van der Waals surface area (Å²) in [5.74, 6) is 0. The molecule has 2 N–H and O–H groups in total. The maximum atomic E-state index is 12.7. The summed E-state index contributed by atoms with van der Waals surface area (Å²) in [6.07, 6.45) is -2.26. The molecule has 1 saturated heterocycles. The van der Waals surface area contributed by atoms with Gasteiger partial charge in [0.1, 0.15) is 0 Å². The second-order valence-corrected chi connectivity index (χ2v) is 8.11. The number of halogens is 3. The van der Waals surface area contributed by atoms with Crippen LogP contribution in [0.1, 0.15) is 18.4 Å². The molecule has 1 heterocycles. The lowest BCUT2D eigenvalue weighted by Gasteiger charge is -2.32. The van der Waals surface area contributed by atoms with Crippen molar-refractivity contribution in [2.45, 2.75) is 25.1 Å². The standard InChI is InChI=1S/C16H22F3N3O4S/c1-27(24,25)22(14-5-9-26-10-6-14)8-7-20-15(23)21-13-4-2-3-12(11-13)16(17,18)19/h2-4,11,14H,5-10H2,1H3,(H2,20,21,23). The Morgan fingerprint density at radius 1 is 1.30 bits per heavy atom. The molecule has 0 unspecified atom stereocenters. The van der Waals surface area contributed by atoms with Crippen LogP contribution < -0.4 is 10.6 Å². The SMILES string of the molecule is CS(=O)(=O)N(CCNC(=O)Nc1cccc(C(F)(F)F)c1)C1CCOCC1. The summed E-state index contributed by atoms with van der Waals surface area (Å²) in [6.45, 7) is 1.04. The Labute approximate surface area is 155 Å². The van der Waals surface area contributed by atoms with Crippen molar-refractivity contribution in [2.75, 3.05) is 37.9 Å². The maximum Gasteiger partial charge on any atom is 0.416 e. The Kier molecular flexibility index (Phi) is 7.06. The number of hydrogen-bond acceptors (Lipinski definition) is 4. The van der Waals surface area contributed by atoms with Crippen molar-refractivity contribution in [1.82, 2.24) is 9.62 Å². The number of carbonyl (C=O) groups is 1.